The minimum absolute atomic E-state index is 0.0568. The maximum atomic E-state index is 11.9. The summed E-state index contributed by atoms with van der Waals surface area (Å²) in [6.45, 7) is 5.07. The zero-order chi connectivity index (χ0) is 14.7. The maximum Gasteiger partial charge on any atom is 0.251 e. The Morgan fingerprint density at radius 1 is 1.21 bits per heavy atom. The molecule has 0 aliphatic carbocycles. The van der Waals surface area contributed by atoms with Gasteiger partial charge in [0.25, 0.3) is 5.91 Å². The highest BCUT2D eigenvalue weighted by molar-refractivity contribution is 9.10. The van der Waals surface area contributed by atoms with Crippen molar-refractivity contribution in [3.05, 3.63) is 34.3 Å². The highest BCUT2D eigenvalue weighted by atomic mass is 79.9. The lowest BCUT2D eigenvalue weighted by Crippen LogP contribution is -2.36. The molecule has 0 fully saturated rings. The zero-order valence-electron chi connectivity index (χ0n) is 11.2. The Labute approximate surface area is 122 Å². The van der Waals surface area contributed by atoms with Gasteiger partial charge in [-0.1, -0.05) is 15.9 Å². The second-order valence-electron chi connectivity index (χ2n) is 5.19. The van der Waals surface area contributed by atoms with Gasteiger partial charge < -0.3 is 5.32 Å². The van der Waals surface area contributed by atoms with E-state index in [-0.39, 0.29) is 18.2 Å². The lowest BCUT2D eigenvalue weighted by molar-refractivity contribution is 0.0956. The molecule has 0 heterocycles. The molecule has 0 saturated carbocycles. The van der Waals surface area contributed by atoms with Crippen LogP contribution in [0.15, 0.2) is 28.7 Å². The third kappa shape index (κ3) is 4.62. The van der Waals surface area contributed by atoms with Crippen LogP contribution in [0.5, 0.6) is 0 Å². The van der Waals surface area contributed by atoms with Gasteiger partial charge in [-0.2, -0.15) is 0 Å². The fourth-order valence-electron chi connectivity index (χ4n) is 1.31. The minimum Gasteiger partial charge on any atom is -0.351 e. The standard InChI is InChI=1S/C13H18BrNO3S/c1-13(2,3)19(17,18)9-8-15-12(16)10-4-6-11(14)7-5-10/h4-7H,8-9H2,1-3H3,(H,15,16). The number of sulfone groups is 1. The third-order valence-corrected chi connectivity index (χ3v) is 5.83. The van der Waals surface area contributed by atoms with E-state index in [1.807, 2.05) is 0 Å². The van der Waals surface area contributed by atoms with Crippen molar-refractivity contribution in [2.75, 3.05) is 12.3 Å². The molecule has 1 N–H and O–H groups in total. The van der Waals surface area contributed by atoms with Crippen LogP contribution in [-0.2, 0) is 9.84 Å². The number of carbonyl (C=O) groups excluding carboxylic acids is 1. The van der Waals surface area contributed by atoms with Gasteiger partial charge in [-0.25, -0.2) is 8.42 Å². The average molecular weight is 348 g/mol. The maximum absolute atomic E-state index is 11.9. The molecular weight excluding hydrogens is 330 g/mol. The van der Waals surface area contributed by atoms with Crippen LogP contribution in [-0.4, -0.2) is 31.4 Å². The molecular formula is C13H18BrNO3S. The third-order valence-electron chi connectivity index (χ3n) is 2.70. The van der Waals surface area contributed by atoms with Crippen LogP contribution in [0.2, 0.25) is 0 Å². The quantitative estimate of drug-likeness (QED) is 0.909. The van der Waals surface area contributed by atoms with Crippen molar-refractivity contribution in [1.82, 2.24) is 5.32 Å². The molecule has 4 nitrogen and oxygen atoms in total. The van der Waals surface area contributed by atoms with Crippen LogP contribution in [0.25, 0.3) is 0 Å². The Hall–Kier alpha value is -0.880. The van der Waals surface area contributed by atoms with Gasteiger partial charge in [-0.15, -0.1) is 0 Å². The summed E-state index contributed by atoms with van der Waals surface area (Å²) in [4.78, 5) is 11.8. The highest BCUT2D eigenvalue weighted by Crippen LogP contribution is 2.15. The Morgan fingerprint density at radius 3 is 2.21 bits per heavy atom. The van der Waals surface area contributed by atoms with Crippen molar-refractivity contribution < 1.29 is 13.2 Å². The van der Waals surface area contributed by atoms with Gasteiger partial charge in [0.15, 0.2) is 9.84 Å². The number of rotatable bonds is 4. The summed E-state index contributed by atoms with van der Waals surface area (Å²) in [5.41, 5.74) is 0.511. The molecule has 1 amide bonds. The number of nitrogens with one attached hydrogen (secondary N) is 1. The summed E-state index contributed by atoms with van der Waals surface area (Å²) in [6, 6.07) is 6.89. The zero-order valence-corrected chi connectivity index (χ0v) is 13.6. The second kappa shape index (κ2) is 6.05. The average Bonchev–Trinajstić information content (AvgIpc) is 2.28. The van der Waals surface area contributed by atoms with Crippen molar-refractivity contribution in [3.8, 4) is 0 Å². The molecule has 0 radical (unpaired) electrons. The minimum atomic E-state index is -3.20. The molecule has 6 heteroatoms. The van der Waals surface area contributed by atoms with E-state index in [4.69, 9.17) is 0 Å². The van der Waals surface area contributed by atoms with Gasteiger partial charge in [0.1, 0.15) is 0 Å². The fraction of sp³-hybridized carbons (Fsp3) is 0.462. The monoisotopic (exact) mass is 347 g/mol. The van der Waals surface area contributed by atoms with Gasteiger partial charge in [-0.3, -0.25) is 4.79 Å². The topological polar surface area (TPSA) is 63.2 Å². The molecule has 0 saturated heterocycles. The first-order chi connectivity index (χ1) is 8.63. The molecule has 19 heavy (non-hydrogen) atoms. The summed E-state index contributed by atoms with van der Waals surface area (Å²) in [5.74, 6) is -0.324. The van der Waals surface area contributed by atoms with Gasteiger partial charge in [0.2, 0.25) is 0 Å². The number of benzene rings is 1. The smallest absolute Gasteiger partial charge is 0.251 e. The second-order valence-corrected chi connectivity index (χ2v) is 8.97. The van der Waals surface area contributed by atoms with Crippen molar-refractivity contribution in [1.29, 1.82) is 0 Å². The van der Waals surface area contributed by atoms with E-state index in [1.165, 1.54) is 0 Å². The number of hydrogen-bond acceptors (Lipinski definition) is 3. The van der Waals surface area contributed by atoms with E-state index < -0.39 is 14.6 Å². The van der Waals surface area contributed by atoms with Crippen LogP contribution >= 0.6 is 15.9 Å². The Balaban J connectivity index is 2.55. The SMILES string of the molecule is CC(C)(C)S(=O)(=O)CCNC(=O)c1ccc(Br)cc1. The number of halogens is 1. The molecule has 0 atom stereocenters. The molecule has 0 aliphatic heterocycles. The van der Waals surface area contributed by atoms with Gasteiger partial charge in [0.05, 0.1) is 10.5 Å². The van der Waals surface area contributed by atoms with Gasteiger partial charge in [-0.05, 0) is 45.0 Å². The van der Waals surface area contributed by atoms with Crippen molar-refractivity contribution >= 4 is 31.7 Å². The molecule has 1 rings (SSSR count). The lowest BCUT2D eigenvalue weighted by atomic mass is 10.2. The number of amides is 1. The van der Waals surface area contributed by atoms with Crippen molar-refractivity contribution in [2.45, 2.75) is 25.5 Å². The predicted molar refractivity (Wildman–Crippen MR) is 80.0 cm³/mol. The van der Waals surface area contributed by atoms with Crippen LogP contribution in [0.3, 0.4) is 0 Å². The van der Waals surface area contributed by atoms with Crippen LogP contribution < -0.4 is 5.32 Å². The predicted octanol–water partition coefficient (Wildman–Crippen LogP) is 2.39. The summed E-state index contributed by atoms with van der Waals surface area (Å²) in [7, 11) is -3.20. The molecule has 0 unspecified atom stereocenters. The summed E-state index contributed by atoms with van der Waals surface area (Å²) in [5, 5.41) is 2.61. The molecule has 0 spiro atoms. The van der Waals surface area contributed by atoms with Crippen LogP contribution in [0.4, 0.5) is 0 Å². The summed E-state index contributed by atoms with van der Waals surface area (Å²) in [6.07, 6.45) is 0. The number of carbonyl (C=O) groups is 1. The largest absolute Gasteiger partial charge is 0.351 e. The molecule has 1 aromatic rings. The number of hydrogen-bond donors (Lipinski definition) is 1. The highest BCUT2D eigenvalue weighted by Gasteiger charge is 2.28. The van der Waals surface area contributed by atoms with Crippen LogP contribution in [0, 0.1) is 0 Å². The van der Waals surface area contributed by atoms with Gasteiger partial charge >= 0.3 is 0 Å². The molecule has 0 aromatic heterocycles. The molecule has 1 aromatic carbocycles. The van der Waals surface area contributed by atoms with Gasteiger partial charge in [0, 0.05) is 16.6 Å². The van der Waals surface area contributed by atoms with E-state index in [2.05, 4.69) is 21.2 Å². The first-order valence-corrected chi connectivity index (χ1v) is 8.34. The Kier molecular flexibility index (Phi) is 5.15. The Morgan fingerprint density at radius 2 is 1.74 bits per heavy atom. The molecule has 0 bridgehead atoms. The Bertz CT molecular complexity index is 544. The van der Waals surface area contributed by atoms with E-state index in [1.54, 1.807) is 45.0 Å². The first-order valence-electron chi connectivity index (χ1n) is 5.89. The summed E-state index contributed by atoms with van der Waals surface area (Å²) >= 11 is 3.28. The first kappa shape index (κ1) is 16.2. The van der Waals surface area contributed by atoms with E-state index >= 15 is 0 Å². The molecule has 0 aliphatic rings. The normalized spacial score (nSPS) is 12.2. The van der Waals surface area contributed by atoms with Crippen LogP contribution in [0.1, 0.15) is 31.1 Å². The van der Waals surface area contributed by atoms with E-state index in [0.717, 1.165) is 4.47 Å². The fourth-order valence-corrected chi connectivity index (χ4v) is 2.56. The lowest BCUT2D eigenvalue weighted by Gasteiger charge is -2.19. The van der Waals surface area contributed by atoms with E-state index in [9.17, 15) is 13.2 Å². The van der Waals surface area contributed by atoms with Crippen molar-refractivity contribution in [3.63, 3.8) is 0 Å². The van der Waals surface area contributed by atoms with E-state index in [0.29, 0.717) is 5.56 Å². The summed E-state index contributed by atoms with van der Waals surface area (Å²) < 4.78 is 23.8. The van der Waals surface area contributed by atoms with Crippen molar-refractivity contribution in [2.24, 2.45) is 0 Å². The molecule has 106 valence electrons.